The number of alkyl halides is 3. The van der Waals surface area contributed by atoms with E-state index >= 15 is 0 Å². The maximum atomic E-state index is 10.6. The SMILES string of the molecule is O=C(O)C(F)(F)F.c1n[nH]nc1C1CCNCC1. The molecule has 0 radical (unpaired) electrons. The van der Waals surface area contributed by atoms with Gasteiger partial charge in [0.2, 0.25) is 0 Å². The van der Waals surface area contributed by atoms with Gasteiger partial charge in [0.15, 0.2) is 0 Å². The van der Waals surface area contributed by atoms with Gasteiger partial charge in [-0.2, -0.15) is 28.6 Å². The highest BCUT2D eigenvalue weighted by atomic mass is 19.4. The summed E-state index contributed by atoms with van der Waals surface area (Å²) in [6.45, 7) is 2.22. The second kappa shape index (κ2) is 6.34. The van der Waals surface area contributed by atoms with Gasteiger partial charge in [0.05, 0.1) is 11.9 Å². The zero-order chi connectivity index (χ0) is 13.6. The van der Waals surface area contributed by atoms with Crippen molar-refractivity contribution in [3.8, 4) is 0 Å². The third kappa shape index (κ3) is 4.70. The lowest BCUT2D eigenvalue weighted by atomic mass is 9.95. The van der Waals surface area contributed by atoms with Gasteiger partial charge >= 0.3 is 12.1 Å². The molecule has 1 fully saturated rings. The van der Waals surface area contributed by atoms with E-state index in [-0.39, 0.29) is 0 Å². The van der Waals surface area contributed by atoms with E-state index in [0.29, 0.717) is 5.92 Å². The molecule has 1 saturated heterocycles. The van der Waals surface area contributed by atoms with Crippen LogP contribution in [0.3, 0.4) is 0 Å². The van der Waals surface area contributed by atoms with Gasteiger partial charge in [0, 0.05) is 5.92 Å². The van der Waals surface area contributed by atoms with Crippen molar-refractivity contribution in [1.82, 2.24) is 20.7 Å². The van der Waals surface area contributed by atoms with Crippen LogP contribution in [0.25, 0.3) is 0 Å². The van der Waals surface area contributed by atoms with Gasteiger partial charge in [0.1, 0.15) is 0 Å². The van der Waals surface area contributed by atoms with Crippen molar-refractivity contribution < 1.29 is 23.1 Å². The van der Waals surface area contributed by atoms with Gasteiger partial charge in [-0.25, -0.2) is 4.79 Å². The van der Waals surface area contributed by atoms with Crippen LogP contribution in [0.2, 0.25) is 0 Å². The number of carboxylic acids is 1. The number of nitrogens with zero attached hydrogens (tertiary/aromatic N) is 2. The topological polar surface area (TPSA) is 90.9 Å². The third-order valence-electron chi connectivity index (χ3n) is 2.43. The number of piperidine rings is 1. The molecule has 2 rings (SSSR count). The van der Waals surface area contributed by atoms with Gasteiger partial charge < -0.3 is 10.4 Å². The Bertz CT molecular complexity index is 360. The maximum absolute atomic E-state index is 10.6. The average Bonchev–Trinajstić information content (AvgIpc) is 2.83. The van der Waals surface area contributed by atoms with Crippen molar-refractivity contribution in [2.24, 2.45) is 0 Å². The molecule has 18 heavy (non-hydrogen) atoms. The van der Waals surface area contributed by atoms with E-state index in [0.717, 1.165) is 18.8 Å². The number of H-pyrrole nitrogens is 1. The fourth-order valence-corrected chi connectivity index (χ4v) is 1.52. The Kier molecular flexibility index (Phi) is 5.08. The standard InChI is InChI=1S/C7H12N4.C2HF3O2/c1-3-8-4-2-6(1)7-5-9-11-10-7;3-2(4,5)1(6)7/h5-6,8H,1-4H2,(H,9,10,11);(H,6,7). The van der Waals surface area contributed by atoms with Gasteiger partial charge in [-0.1, -0.05) is 0 Å². The molecule has 1 aromatic heterocycles. The smallest absolute Gasteiger partial charge is 0.475 e. The Balaban J connectivity index is 0.000000203. The summed E-state index contributed by atoms with van der Waals surface area (Å²) in [7, 11) is 0. The molecule has 0 amide bonds. The quantitative estimate of drug-likeness (QED) is 0.702. The number of halogens is 3. The minimum atomic E-state index is -5.08. The Labute approximate surface area is 101 Å². The van der Waals surface area contributed by atoms with Crippen LogP contribution in [0.15, 0.2) is 6.20 Å². The second-order valence-corrected chi connectivity index (χ2v) is 3.72. The summed E-state index contributed by atoms with van der Waals surface area (Å²) >= 11 is 0. The molecule has 1 aromatic rings. The van der Waals surface area contributed by atoms with Gasteiger partial charge in [-0.3, -0.25) is 0 Å². The summed E-state index contributed by atoms with van der Waals surface area (Å²) in [5.74, 6) is -2.14. The fraction of sp³-hybridized carbons (Fsp3) is 0.667. The minimum Gasteiger partial charge on any atom is -0.475 e. The molecule has 3 N–H and O–H groups in total. The summed E-state index contributed by atoms with van der Waals surface area (Å²) < 4.78 is 31.7. The normalized spacial score (nSPS) is 16.8. The number of nitrogens with one attached hydrogen (secondary N) is 2. The zero-order valence-electron chi connectivity index (χ0n) is 9.37. The molecule has 0 saturated carbocycles. The summed E-state index contributed by atoms with van der Waals surface area (Å²) in [4.78, 5) is 8.90. The number of aromatic amines is 1. The van der Waals surface area contributed by atoms with E-state index < -0.39 is 12.1 Å². The van der Waals surface area contributed by atoms with Gasteiger partial charge in [-0.05, 0) is 25.9 Å². The minimum absolute atomic E-state index is 0.620. The molecule has 0 bridgehead atoms. The van der Waals surface area contributed by atoms with Crippen molar-refractivity contribution in [2.45, 2.75) is 24.9 Å². The van der Waals surface area contributed by atoms with Crippen LogP contribution in [-0.2, 0) is 4.79 Å². The Morgan fingerprint density at radius 3 is 2.33 bits per heavy atom. The Morgan fingerprint density at radius 1 is 1.39 bits per heavy atom. The van der Waals surface area contributed by atoms with E-state index in [2.05, 4.69) is 20.7 Å². The summed E-state index contributed by atoms with van der Waals surface area (Å²) in [5.41, 5.74) is 1.12. The first-order valence-corrected chi connectivity index (χ1v) is 5.27. The average molecular weight is 266 g/mol. The molecule has 2 heterocycles. The highest BCUT2D eigenvalue weighted by Crippen LogP contribution is 2.21. The molecule has 0 spiro atoms. The molecular formula is C9H13F3N4O2. The molecule has 1 aliphatic heterocycles. The van der Waals surface area contributed by atoms with Crippen LogP contribution >= 0.6 is 0 Å². The largest absolute Gasteiger partial charge is 0.490 e. The lowest BCUT2D eigenvalue weighted by Crippen LogP contribution is -2.26. The van der Waals surface area contributed by atoms with E-state index in [1.807, 2.05) is 6.20 Å². The highest BCUT2D eigenvalue weighted by molar-refractivity contribution is 5.73. The number of hydrogen-bond acceptors (Lipinski definition) is 4. The van der Waals surface area contributed by atoms with Crippen LogP contribution in [0.1, 0.15) is 24.5 Å². The monoisotopic (exact) mass is 266 g/mol. The number of hydrogen-bond donors (Lipinski definition) is 3. The summed E-state index contributed by atoms with van der Waals surface area (Å²) in [6, 6.07) is 0. The number of carbonyl (C=O) groups is 1. The van der Waals surface area contributed by atoms with E-state index in [9.17, 15) is 13.2 Å². The zero-order valence-corrected chi connectivity index (χ0v) is 9.37. The molecule has 9 heteroatoms. The second-order valence-electron chi connectivity index (χ2n) is 3.72. The number of carboxylic acid groups (broad SMARTS) is 1. The van der Waals surface area contributed by atoms with Crippen molar-refractivity contribution in [2.75, 3.05) is 13.1 Å². The van der Waals surface area contributed by atoms with E-state index in [4.69, 9.17) is 9.90 Å². The summed E-state index contributed by atoms with van der Waals surface area (Å²) in [6.07, 6.45) is -0.880. The Hall–Kier alpha value is -1.64. The molecule has 0 atom stereocenters. The fourth-order valence-electron chi connectivity index (χ4n) is 1.52. The van der Waals surface area contributed by atoms with Crippen molar-refractivity contribution in [1.29, 1.82) is 0 Å². The Morgan fingerprint density at radius 2 is 1.94 bits per heavy atom. The molecule has 6 nitrogen and oxygen atoms in total. The van der Waals surface area contributed by atoms with Crippen LogP contribution < -0.4 is 5.32 Å². The van der Waals surface area contributed by atoms with Crippen molar-refractivity contribution in [3.63, 3.8) is 0 Å². The van der Waals surface area contributed by atoms with Crippen LogP contribution in [0, 0.1) is 0 Å². The van der Waals surface area contributed by atoms with Crippen LogP contribution in [-0.4, -0.2) is 45.8 Å². The first kappa shape index (κ1) is 14.4. The van der Waals surface area contributed by atoms with Crippen molar-refractivity contribution >= 4 is 5.97 Å². The molecule has 0 unspecified atom stereocenters. The third-order valence-corrected chi connectivity index (χ3v) is 2.43. The molecular weight excluding hydrogens is 253 g/mol. The maximum Gasteiger partial charge on any atom is 0.490 e. The van der Waals surface area contributed by atoms with Crippen LogP contribution in [0.5, 0.6) is 0 Å². The molecule has 0 aliphatic carbocycles. The summed E-state index contributed by atoms with van der Waals surface area (Å²) in [5, 5.41) is 21.0. The van der Waals surface area contributed by atoms with Gasteiger partial charge in [0.25, 0.3) is 0 Å². The molecule has 1 aliphatic rings. The first-order chi connectivity index (χ1) is 8.41. The number of rotatable bonds is 1. The van der Waals surface area contributed by atoms with E-state index in [1.54, 1.807) is 0 Å². The predicted octanol–water partition coefficient (Wildman–Crippen LogP) is 0.905. The molecule has 0 aromatic carbocycles. The lowest BCUT2D eigenvalue weighted by Gasteiger charge is -2.19. The lowest BCUT2D eigenvalue weighted by molar-refractivity contribution is -0.192. The molecule has 102 valence electrons. The predicted molar refractivity (Wildman–Crippen MR) is 54.9 cm³/mol. The number of aromatic nitrogens is 3. The first-order valence-electron chi connectivity index (χ1n) is 5.27. The highest BCUT2D eigenvalue weighted by Gasteiger charge is 2.38. The van der Waals surface area contributed by atoms with Crippen molar-refractivity contribution in [3.05, 3.63) is 11.9 Å². The number of aliphatic carboxylic acids is 1. The van der Waals surface area contributed by atoms with E-state index in [1.165, 1.54) is 12.8 Å². The van der Waals surface area contributed by atoms with Crippen LogP contribution in [0.4, 0.5) is 13.2 Å². The van der Waals surface area contributed by atoms with Gasteiger partial charge in [-0.15, -0.1) is 0 Å².